The largest absolute Gasteiger partial charge is 0.486 e. The zero-order valence-electron chi connectivity index (χ0n) is 13.5. The maximum Gasteiger partial charge on any atom is 0.164 e. The van der Waals surface area contributed by atoms with Crippen molar-refractivity contribution in [1.82, 2.24) is 10.0 Å². The van der Waals surface area contributed by atoms with E-state index >= 15 is 0 Å². The second-order valence-electron chi connectivity index (χ2n) is 5.61. The lowest BCUT2D eigenvalue weighted by molar-refractivity contribution is 0.0896. The standard InChI is InChI=1S/C18H21FN2O2S/c1-24-21-10-14-4-2-13(3-5-14)9-20-11-16-12-22-17-7-6-15(19)8-18(17)23-16/h2-8,16,20-21H,9-12H2,1H3. The highest BCUT2D eigenvalue weighted by atomic mass is 32.2. The minimum atomic E-state index is -0.318. The van der Waals surface area contributed by atoms with Crippen molar-refractivity contribution in [3.8, 4) is 11.5 Å². The van der Waals surface area contributed by atoms with Gasteiger partial charge < -0.3 is 14.8 Å². The van der Waals surface area contributed by atoms with Crippen LogP contribution in [0.5, 0.6) is 11.5 Å². The highest BCUT2D eigenvalue weighted by Gasteiger charge is 2.21. The lowest BCUT2D eigenvalue weighted by Gasteiger charge is -2.26. The first-order valence-corrected chi connectivity index (χ1v) is 9.10. The maximum atomic E-state index is 13.2. The smallest absolute Gasteiger partial charge is 0.164 e. The van der Waals surface area contributed by atoms with E-state index in [0.29, 0.717) is 24.7 Å². The summed E-state index contributed by atoms with van der Waals surface area (Å²) in [4.78, 5) is 0. The molecule has 2 aromatic rings. The highest BCUT2D eigenvalue weighted by molar-refractivity contribution is 7.96. The van der Waals surface area contributed by atoms with Gasteiger partial charge in [0, 0.05) is 25.7 Å². The van der Waals surface area contributed by atoms with Gasteiger partial charge in [0.15, 0.2) is 11.5 Å². The number of hydrogen-bond donors (Lipinski definition) is 2. The van der Waals surface area contributed by atoms with Gasteiger partial charge in [-0.25, -0.2) is 4.39 Å². The highest BCUT2D eigenvalue weighted by Crippen LogP contribution is 2.31. The first-order valence-electron chi connectivity index (χ1n) is 7.88. The molecule has 24 heavy (non-hydrogen) atoms. The average molecular weight is 348 g/mol. The lowest BCUT2D eigenvalue weighted by Crippen LogP contribution is -2.38. The Balaban J connectivity index is 1.45. The van der Waals surface area contributed by atoms with Gasteiger partial charge in [0.05, 0.1) is 0 Å². The molecule has 2 aromatic carbocycles. The van der Waals surface area contributed by atoms with Crippen LogP contribution in [0.15, 0.2) is 42.5 Å². The summed E-state index contributed by atoms with van der Waals surface area (Å²) < 4.78 is 27.9. The summed E-state index contributed by atoms with van der Waals surface area (Å²) in [6.07, 6.45) is 1.90. The molecule has 128 valence electrons. The van der Waals surface area contributed by atoms with Crippen molar-refractivity contribution in [1.29, 1.82) is 0 Å². The molecule has 1 unspecified atom stereocenters. The van der Waals surface area contributed by atoms with E-state index in [1.54, 1.807) is 18.0 Å². The molecule has 1 aliphatic heterocycles. The molecule has 0 saturated heterocycles. The Kier molecular flexibility index (Phi) is 5.96. The van der Waals surface area contributed by atoms with Gasteiger partial charge in [-0.15, -0.1) is 0 Å². The normalized spacial score (nSPS) is 16.2. The zero-order chi connectivity index (χ0) is 16.8. The number of ether oxygens (including phenoxy) is 2. The van der Waals surface area contributed by atoms with Crippen molar-refractivity contribution in [3.63, 3.8) is 0 Å². The molecule has 0 amide bonds. The van der Waals surface area contributed by atoms with Crippen molar-refractivity contribution >= 4 is 11.9 Å². The van der Waals surface area contributed by atoms with Crippen molar-refractivity contribution in [3.05, 3.63) is 59.4 Å². The predicted molar refractivity (Wildman–Crippen MR) is 94.8 cm³/mol. The Morgan fingerprint density at radius 1 is 1.08 bits per heavy atom. The van der Waals surface area contributed by atoms with Crippen LogP contribution in [-0.4, -0.2) is 25.5 Å². The second kappa shape index (κ2) is 8.37. The molecular weight excluding hydrogens is 327 g/mol. The third-order valence-corrected chi connectivity index (χ3v) is 4.20. The summed E-state index contributed by atoms with van der Waals surface area (Å²) >= 11 is 1.61. The SMILES string of the molecule is CSNCc1ccc(CNCC2COc3ccc(F)cc3O2)cc1. The lowest BCUT2D eigenvalue weighted by atomic mass is 10.1. The minimum absolute atomic E-state index is 0.121. The Morgan fingerprint density at radius 2 is 1.83 bits per heavy atom. The molecule has 2 N–H and O–H groups in total. The van der Waals surface area contributed by atoms with E-state index in [2.05, 4.69) is 34.3 Å². The minimum Gasteiger partial charge on any atom is -0.486 e. The summed E-state index contributed by atoms with van der Waals surface area (Å²) in [5.74, 6) is 0.753. The molecule has 3 rings (SSSR count). The summed E-state index contributed by atoms with van der Waals surface area (Å²) in [5.41, 5.74) is 2.47. The van der Waals surface area contributed by atoms with Crippen molar-refractivity contribution < 1.29 is 13.9 Å². The molecule has 1 aliphatic rings. The van der Waals surface area contributed by atoms with Gasteiger partial charge >= 0.3 is 0 Å². The Labute approximate surface area is 145 Å². The first-order chi connectivity index (χ1) is 11.7. The maximum absolute atomic E-state index is 13.2. The van der Waals surface area contributed by atoms with Crippen molar-refractivity contribution in [2.24, 2.45) is 0 Å². The number of hydrogen-bond acceptors (Lipinski definition) is 5. The molecule has 0 aromatic heterocycles. The fourth-order valence-corrected chi connectivity index (χ4v) is 2.81. The summed E-state index contributed by atoms with van der Waals surface area (Å²) in [7, 11) is 0. The molecule has 1 heterocycles. The van der Waals surface area contributed by atoms with Gasteiger partial charge in [-0.05, 0) is 29.5 Å². The zero-order valence-corrected chi connectivity index (χ0v) is 14.4. The van der Waals surface area contributed by atoms with Crippen LogP contribution in [0.25, 0.3) is 0 Å². The quantitative estimate of drug-likeness (QED) is 0.753. The Morgan fingerprint density at radius 3 is 2.58 bits per heavy atom. The molecule has 0 saturated carbocycles. The fraction of sp³-hybridized carbons (Fsp3) is 0.333. The van der Waals surface area contributed by atoms with Gasteiger partial charge in [-0.1, -0.05) is 36.2 Å². The average Bonchev–Trinajstić information content (AvgIpc) is 2.60. The van der Waals surface area contributed by atoms with E-state index in [0.717, 1.165) is 13.1 Å². The van der Waals surface area contributed by atoms with Crippen LogP contribution >= 0.6 is 11.9 Å². The van der Waals surface area contributed by atoms with Crippen molar-refractivity contribution in [2.75, 3.05) is 19.4 Å². The van der Waals surface area contributed by atoms with Gasteiger partial charge in [0.1, 0.15) is 18.5 Å². The van der Waals surface area contributed by atoms with Crippen molar-refractivity contribution in [2.45, 2.75) is 19.2 Å². The first kappa shape index (κ1) is 17.1. The van der Waals surface area contributed by atoms with Gasteiger partial charge in [0.25, 0.3) is 0 Å². The van der Waals surface area contributed by atoms with E-state index in [1.165, 1.54) is 23.3 Å². The molecule has 0 fully saturated rings. The van der Waals surface area contributed by atoms with Gasteiger partial charge in [-0.3, -0.25) is 4.72 Å². The molecule has 0 aliphatic carbocycles. The number of fused-ring (bicyclic) bond motifs is 1. The predicted octanol–water partition coefficient (Wildman–Crippen LogP) is 3.12. The van der Waals surface area contributed by atoms with E-state index in [1.807, 2.05) is 6.26 Å². The topological polar surface area (TPSA) is 42.5 Å². The fourth-order valence-electron chi connectivity index (χ4n) is 2.50. The molecule has 0 spiro atoms. The van der Waals surface area contributed by atoms with Gasteiger partial charge in [-0.2, -0.15) is 0 Å². The van der Waals surface area contributed by atoms with E-state index in [4.69, 9.17) is 9.47 Å². The number of halogens is 1. The Hall–Kier alpha value is -1.76. The van der Waals surface area contributed by atoms with Crippen LogP contribution in [0, 0.1) is 5.82 Å². The number of nitrogens with one attached hydrogen (secondary N) is 2. The van der Waals surface area contributed by atoms with Crippen LogP contribution in [0.2, 0.25) is 0 Å². The third-order valence-electron chi connectivity index (χ3n) is 3.77. The number of rotatable bonds is 7. The van der Waals surface area contributed by atoms with Crippen LogP contribution < -0.4 is 19.5 Å². The van der Waals surface area contributed by atoms with E-state index in [9.17, 15) is 4.39 Å². The van der Waals surface area contributed by atoms with Crippen LogP contribution in [0.3, 0.4) is 0 Å². The van der Waals surface area contributed by atoms with E-state index in [-0.39, 0.29) is 11.9 Å². The molecule has 0 bridgehead atoms. The molecule has 6 heteroatoms. The van der Waals surface area contributed by atoms with Crippen LogP contribution in [0.4, 0.5) is 4.39 Å². The summed E-state index contributed by atoms with van der Waals surface area (Å²) in [6, 6.07) is 12.8. The molecule has 0 radical (unpaired) electrons. The third kappa shape index (κ3) is 4.63. The Bertz CT molecular complexity index is 667. The van der Waals surface area contributed by atoms with Crippen LogP contribution in [-0.2, 0) is 13.1 Å². The van der Waals surface area contributed by atoms with Gasteiger partial charge in [0.2, 0.25) is 0 Å². The molecule has 1 atom stereocenters. The molecular formula is C18H21FN2O2S. The number of benzene rings is 2. The summed E-state index contributed by atoms with van der Waals surface area (Å²) in [6.45, 7) is 2.72. The summed E-state index contributed by atoms with van der Waals surface area (Å²) in [5, 5.41) is 3.36. The van der Waals surface area contributed by atoms with E-state index < -0.39 is 0 Å². The monoisotopic (exact) mass is 348 g/mol. The second-order valence-corrected chi connectivity index (χ2v) is 6.31. The van der Waals surface area contributed by atoms with Crippen LogP contribution in [0.1, 0.15) is 11.1 Å². The molecule has 4 nitrogen and oxygen atoms in total.